The number of aliphatic hydroxyl groups excluding tert-OH is 1. The van der Waals surface area contributed by atoms with E-state index < -0.39 is 6.10 Å². The molecule has 0 saturated carbocycles. The van der Waals surface area contributed by atoms with E-state index in [9.17, 15) is 9.90 Å². The van der Waals surface area contributed by atoms with Crippen LogP contribution in [0.3, 0.4) is 0 Å². The number of rotatable bonds is 6. The molecule has 0 spiro atoms. The van der Waals surface area contributed by atoms with Crippen LogP contribution in [0.4, 0.5) is 5.69 Å². The number of likely N-dealkylation sites (tertiary alicyclic amines) is 1. The van der Waals surface area contributed by atoms with E-state index in [-0.39, 0.29) is 5.91 Å². The van der Waals surface area contributed by atoms with Crippen LogP contribution in [0.15, 0.2) is 67.0 Å². The van der Waals surface area contributed by atoms with Gasteiger partial charge in [0.05, 0.1) is 11.8 Å². The molecule has 0 radical (unpaired) electrons. The number of benzene rings is 2. The van der Waals surface area contributed by atoms with Gasteiger partial charge in [-0.3, -0.25) is 4.79 Å². The first-order valence-electron chi connectivity index (χ1n) is 12.3. The van der Waals surface area contributed by atoms with Gasteiger partial charge in [-0.05, 0) is 73.7 Å². The van der Waals surface area contributed by atoms with Gasteiger partial charge in [0.15, 0.2) is 0 Å². The number of aliphatic hydroxyl groups is 1. The third-order valence-corrected chi connectivity index (χ3v) is 6.96. The van der Waals surface area contributed by atoms with Gasteiger partial charge in [0, 0.05) is 62.4 Å². The highest BCUT2D eigenvalue weighted by atomic mass is 16.3. The Morgan fingerprint density at radius 2 is 1.71 bits per heavy atom. The van der Waals surface area contributed by atoms with Gasteiger partial charge < -0.3 is 20.2 Å². The van der Waals surface area contributed by atoms with E-state index in [1.807, 2.05) is 29.1 Å². The summed E-state index contributed by atoms with van der Waals surface area (Å²) in [6.07, 6.45) is 7.18. The summed E-state index contributed by atoms with van der Waals surface area (Å²) in [5.41, 5.74) is 4.22. The van der Waals surface area contributed by atoms with Gasteiger partial charge in [-0.25, -0.2) is 4.68 Å². The van der Waals surface area contributed by atoms with Crippen LogP contribution in [0.25, 0.3) is 5.69 Å². The number of nitrogens with one attached hydrogen (secondary N) is 1. The number of carbonyl (C=O) groups excluding carboxylic acids is 1. The van der Waals surface area contributed by atoms with Crippen LogP contribution >= 0.6 is 0 Å². The standard InChI is InChI=1S/C27H33N5O2/c33-26-3-1-15-31(20-26)27(34)22-6-10-24(11-7-22)30-17-12-23(13-18-30)28-19-21-4-8-25(9-5-21)32-16-2-14-29-32/h2,4-11,14,16,23,26,28,33H,1,3,12-13,15,17-20H2. The normalized spacial score (nSPS) is 19.4. The fourth-order valence-corrected chi connectivity index (χ4v) is 4.93. The highest BCUT2D eigenvalue weighted by Crippen LogP contribution is 2.22. The summed E-state index contributed by atoms with van der Waals surface area (Å²) in [6.45, 7) is 4.04. The molecule has 5 rings (SSSR count). The minimum absolute atomic E-state index is 0.0193. The molecule has 2 aliphatic heterocycles. The molecule has 2 N–H and O–H groups in total. The summed E-state index contributed by atoms with van der Waals surface area (Å²) in [5, 5.41) is 17.8. The van der Waals surface area contributed by atoms with Gasteiger partial charge in [0.2, 0.25) is 0 Å². The molecule has 2 saturated heterocycles. The van der Waals surface area contributed by atoms with E-state index in [2.05, 4.69) is 51.7 Å². The molecule has 3 heterocycles. The smallest absolute Gasteiger partial charge is 0.253 e. The molecule has 0 bridgehead atoms. The fourth-order valence-electron chi connectivity index (χ4n) is 4.93. The average molecular weight is 460 g/mol. The van der Waals surface area contributed by atoms with Gasteiger partial charge in [0.25, 0.3) is 5.91 Å². The quantitative estimate of drug-likeness (QED) is 0.592. The first-order valence-corrected chi connectivity index (χ1v) is 12.3. The SMILES string of the molecule is O=C(c1ccc(N2CCC(NCc3ccc(-n4cccn4)cc3)CC2)cc1)N1CCCC(O)C1. The lowest BCUT2D eigenvalue weighted by Gasteiger charge is -2.34. The second kappa shape index (κ2) is 10.4. The molecule has 1 amide bonds. The van der Waals surface area contributed by atoms with Gasteiger partial charge in [-0.15, -0.1) is 0 Å². The summed E-state index contributed by atoms with van der Waals surface area (Å²) >= 11 is 0. The van der Waals surface area contributed by atoms with Gasteiger partial charge >= 0.3 is 0 Å². The van der Waals surface area contributed by atoms with Crippen molar-refractivity contribution in [1.82, 2.24) is 20.0 Å². The summed E-state index contributed by atoms with van der Waals surface area (Å²) in [7, 11) is 0. The molecular formula is C27H33N5O2. The highest BCUT2D eigenvalue weighted by Gasteiger charge is 2.24. The maximum Gasteiger partial charge on any atom is 0.253 e. The maximum absolute atomic E-state index is 12.7. The van der Waals surface area contributed by atoms with Crippen molar-refractivity contribution in [2.75, 3.05) is 31.1 Å². The largest absolute Gasteiger partial charge is 0.391 e. The summed E-state index contributed by atoms with van der Waals surface area (Å²) in [5.74, 6) is 0.0193. The fraction of sp³-hybridized carbons (Fsp3) is 0.407. The number of nitrogens with zero attached hydrogens (tertiary/aromatic N) is 4. The molecular weight excluding hydrogens is 426 g/mol. The van der Waals surface area contributed by atoms with Gasteiger partial charge in [-0.2, -0.15) is 5.10 Å². The lowest BCUT2D eigenvalue weighted by atomic mass is 10.0. The Balaban J connectivity index is 1.09. The van der Waals surface area contributed by atoms with Crippen LogP contribution in [0.1, 0.15) is 41.6 Å². The molecule has 1 unspecified atom stereocenters. The van der Waals surface area contributed by atoms with Crippen molar-refractivity contribution < 1.29 is 9.90 Å². The Morgan fingerprint density at radius 1 is 0.971 bits per heavy atom. The van der Waals surface area contributed by atoms with Crippen LogP contribution in [-0.4, -0.2) is 64.0 Å². The molecule has 7 heteroatoms. The summed E-state index contributed by atoms with van der Waals surface area (Å²) < 4.78 is 1.87. The van der Waals surface area contributed by atoms with Crippen molar-refractivity contribution in [1.29, 1.82) is 0 Å². The van der Waals surface area contributed by atoms with Crippen molar-refractivity contribution in [3.8, 4) is 5.69 Å². The Labute approximate surface area is 201 Å². The maximum atomic E-state index is 12.7. The van der Waals surface area contributed by atoms with E-state index in [0.29, 0.717) is 18.2 Å². The van der Waals surface area contributed by atoms with Crippen LogP contribution < -0.4 is 10.2 Å². The van der Waals surface area contributed by atoms with Crippen molar-refractivity contribution in [2.45, 2.75) is 44.4 Å². The molecule has 1 atom stereocenters. The van der Waals surface area contributed by atoms with Crippen LogP contribution in [-0.2, 0) is 6.54 Å². The number of hydrogen-bond acceptors (Lipinski definition) is 5. The van der Waals surface area contributed by atoms with Gasteiger partial charge in [0.1, 0.15) is 0 Å². The Bertz CT molecular complexity index is 1060. The molecule has 0 aliphatic carbocycles. The second-order valence-electron chi connectivity index (χ2n) is 9.35. The van der Waals surface area contributed by atoms with Crippen molar-refractivity contribution >= 4 is 11.6 Å². The predicted octanol–water partition coefficient (Wildman–Crippen LogP) is 3.23. The third-order valence-electron chi connectivity index (χ3n) is 6.96. The zero-order chi connectivity index (χ0) is 23.3. The first-order chi connectivity index (χ1) is 16.7. The van der Waals surface area contributed by atoms with Crippen LogP contribution in [0, 0.1) is 0 Å². The van der Waals surface area contributed by atoms with E-state index in [4.69, 9.17) is 0 Å². The minimum atomic E-state index is -0.395. The molecule has 3 aromatic rings. The monoisotopic (exact) mass is 459 g/mol. The molecule has 178 valence electrons. The second-order valence-corrected chi connectivity index (χ2v) is 9.35. The Hall–Kier alpha value is -3.16. The van der Waals surface area contributed by atoms with Crippen molar-refractivity contribution in [3.63, 3.8) is 0 Å². The number of aromatic nitrogens is 2. The number of β-amino-alcohol motifs (C(OH)–C–C–N with tert-alkyl or cyclic N) is 1. The van der Waals surface area contributed by atoms with Gasteiger partial charge in [-0.1, -0.05) is 12.1 Å². The van der Waals surface area contributed by atoms with E-state index in [1.165, 1.54) is 11.3 Å². The number of carbonyl (C=O) groups is 1. The highest BCUT2D eigenvalue weighted by molar-refractivity contribution is 5.94. The zero-order valence-corrected chi connectivity index (χ0v) is 19.5. The molecule has 34 heavy (non-hydrogen) atoms. The number of amides is 1. The molecule has 2 aromatic carbocycles. The van der Waals surface area contributed by atoms with Crippen LogP contribution in [0.5, 0.6) is 0 Å². The van der Waals surface area contributed by atoms with E-state index in [1.54, 1.807) is 11.1 Å². The third kappa shape index (κ3) is 5.32. The molecule has 7 nitrogen and oxygen atoms in total. The number of piperidine rings is 2. The van der Waals surface area contributed by atoms with Crippen molar-refractivity contribution in [3.05, 3.63) is 78.1 Å². The minimum Gasteiger partial charge on any atom is -0.391 e. The first kappa shape index (κ1) is 22.6. The lowest BCUT2D eigenvalue weighted by molar-refractivity contribution is 0.0474. The topological polar surface area (TPSA) is 73.6 Å². The molecule has 1 aromatic heterocycles. The summed E-state index contributed by atoms with van der Waals surface area (Å²) in [4.78, 5) is 16.9. The molecule has 2 aliphatic rings. The predicted molar refractivity (Wildman–Crippen MR) is 133 cm³/mol. The lowest BCUT2D eigenvalue weighted by Crippen LogP contribution is -2.42. The Kier molecular flexibility index (Phi) is 6.92. The van der Waals surface area contributed by atoms with Crippen LogP contribution in [0.2, 0.25) is 0 Å². The van der Waals surface area contributed by atoms with E-state index >= 15 is 0 Å². The summed E-state index contributed by atoms with van der Waals surface area (Å²) in [6, 6.07) is 18.9. The zero-order valence-electron chi connectivity index (χ0n) is 19.5. The average Bonchev–Trinajstić information content (AvgIpc) is 3.43. The number of anilines is 1. The van der Waals surface area contributed by atoms with Crippen molar-refractivity contribution in [2.24, 2.45) is 0 Å². The van der Waals surface area contributed by atoms with E-state index in [0.717, 1.165) is 57.5 Å². The Morgan fingerprint density at radius 3 is 2.38 bits per heavy atom. The number of hydrogen-bond donors (Lipinski definition) is 2. The molecule has 2 fully saturated rings.